The Balaban J connectivity index is 2.11. The van der Waals surface area contributed by atoms with Crippen LogP contribution in [-0.4, -0.2) is 20.5 Å². The number of ether oxygens (including phenoxy) is 1. The Morgan fingerprint density at radius 3 is 2.75 bits per heavy atom. The molecular formula is C15H19N3O2. The predicted molar refractivity (Wildman–Crippen MR) is 75.9 cm³/mol. The second-order valence-electron chi connectivity index (χ2n) is 5.04. The average Bonchev–Trinajstić information content (AvgIpc) is 2.85. The number of carbonyl (C=O) groups is 1. The Morgan fingerprint density at radius 2 is 2.15 bits per heavy atom. The molecule has 0 bridgehead atoms. The Bertz CT molecular complexity index is 617. The van der Waals surface area contributed by atoms with E-state index in [1.165, 1.54) is 6.33 Å². The molecule has 0 saturated heterocycles. The molecule has 0 unspecified atom stereocenters. The van der Waals surface area contributed by atoms with Crippen LogP contribution in [0.1, 0.15) is 48.6 Å². The van der Waals surface area contributed by atoms with Crippen molar-refractivity contribution in [3.8, 4) is 5.75 Å². The van der Waals surface area contributed by atoms with Crippen molar-refractivity contribution < 1.29 is 9.53 Å². The standard InChI is InChI=1S/C15H19N3O2/c1-10(2)18-15(16-9-17-18)8-20-14-6-5-13(12(4)19)7-11(14)3/h5-7,9-10H,8H2,1-4H3. The number of rotatable bonds is 5. The Hall–Kier alpha value is -2.17. The molecule has 0 aliphatic carbocycles. The van der Waals surface area contributed by atoms with Crippen LogP contribution in [0.15, 0.2) is 24.5 Å². The van der Waals surface area contributed by atoms with Crippen LogP contribution in [0.3, 0.4) is 0 Å². The molecule has 0 radical (unpaired) electrons. The third-order valence-electron chi connectivity index (χ3n) is 3.07. The van der Waals surface area contributed by atoms with Gasteiger partial charge in [0.05, 0.1) is 0 Å². The van der Waals surface area contributed by atoms with Gasteiger partial charge in [0.2, 0.25) is 0 Å². The first kappa shape index (κ1) is 14.2. The molecule has 0 amide bonds. The predicted octanol–water partition coefficient (Wildman–Crippen LogP) is 2.95. The van der Waals surface area contributed by atoms with Gasteiger partial charge in [-0.2, -0.15) is 5.10 Å². The van der Waals surface area contributed by atoms with Crippen LogP contribution in [-0.2, 0) is 6.61 Å². The Kier molecular flexibility index (Phi) is 4.17. The number of benzene rings is 1. The summed E-state index contributed by atoms with van der Waals surface area (Å²) in [7, 11) is 0. The van der Waals surface area contributed by atoms with E-state index < -0.39 is 0 Å². The molecule has 1 aromatic carbocycles. The fourth-order valence-corrected chi connectivity index (χ4v) is 1.98. The summed E-state index contributed by atoms with van der Waals surface area (Å²) in [4.78, 5) is 15.5. The van der Waals surface area contributed by atoms with E-state index in [0.717, 1.165) is 17.1 Å². The summed E-state index contributed by atoms with van der Waals surface area (Å²) in [5.74, 6) is 1.60. The fourth-order valence-electron chi connectivity index (χ4n) is 1.98. The summed E-state index contributed by atoms with van der Waals surface area (Å²) in [6.45, 7) is 7.93. The third kappa shape index (κ3) is 3.04. The van der Waals surface area contributed by atoms with Crippen molar-refractivity contribution >= 4 is 5.78 Å². The zero-order chi connectivity index (χ0) is 14.7. The molecule has 0 N–H and O–H groups in total. The smallest absolute Gasteiger partial charge is 0.165 e. The minimum Gasteiger partial charge on any atom is -0.485 e. The Labute approximate surface area is 118 Å². The van der Waals surface area contributed by atoms with Crippen molar-refractivity contribution in [1.29, 1.82) is 0 Å². The zero-order valence-electron chi connectivity index (χ0n) is 12.3. The maximum Gasteiger partial charge on any atom is 0.165 e. The Morgan fingerprint density at radius 1 is 1.40 bits per heavy atom. The van der Waals surface area contributed by atoms with E-state index in [0.29, 0.717) is 12.2 Å². The lowest BCUT2D eigenvalue weighted by atomic mass is 10.1. The number of hydrogen-bond donors (Lipinski definition) is 0. The first-order chi connectivity index (χ1) is 9.49. The molecule has 2 rings (SSSR count). The molecular weight excluding hydrogens is 254 g/mol. The van der Waals surface area contributed by atoms with E-state index in [1.54, 1.807) is 13.0 Å². The highest BCUT2D eigenvalue weighted by Gasteiger charge is 2.10. The summed E-state index contributed by atoms with van der Waals surface area (Å²) < 4.78 is 7.60. The van der Waals surface area contributed by atoms with Gasteiger partial charge < -0.3 is 4.74 Å². The largest absolute Gasteiger partial charge is 0.485 e. The number of hydrogen-bond acceptors (Lipinski definition) is 4. The van der Waals surface area contributed by atoms with E-state index in [-0.39, 0.29) is 11.8 Å². The highest BCUT2D eigenvalue weighted by atomic mass is 16.5. The van der Waals surface area contributed by atoms with Gasteiger partial charge in [-0.15, -0.1) is 0 Å². The quantitative estimate of drug-likeness (QED) is 0.786. The molecule has 1 heterocycles. The van der Waals surface area contributed by atoms with Crippen molar-refractivity contribution in [2.24, 2.45) is 0 Å². The highest BCUT2D eigenvalue weighted by molar-refractivity contribution is 5.94. The number of nitrogens with zero attached hydrogens (tertiary/aromatic N) is 3. The van der Waals surface area contributed by atoms with E-state index in [1.807, 2.05) is 37.6 Å². The summed E-state index contributed by atoms with van der Waals surface area (Å²) in [5, 5.41) is 4.17. The van der Waals surface area contributed by atoms with Crippen molar-refractivity contribution in [3.63, 3.8) is 0 Å². The lowest BCUT2D eigenvalue weighted by molar-refractivity contribution is 0.101. The maximum atomic E-state index is 11.3. The summed E-state index contributed by atoms with van der Waals surface area (Å²) in [6.07, 6.45) is 1.53. The van der Waals surface area contributed by atoms with Gasteiger partial charge in [-0.1, -0.05) is 0 Å². The van der Waals surface area contributed by atoms with Crippen LogP contribution in [0.4, 0.5) is 0 Å². The van der Waals surface area contributed by atoms with Gasteiger partial charge in [0.1, 0.15) is 18.7 Å². The second kappa shape index (κ2) is 5.86. The summed E-state index contributed by atoms with van der Waals surface area (Å²) in [6, 6.07) is 5.68. The van der Waals surface area contributed by atoms with E-state index in [9.17, 15) is 4.79 Å². The van der Waals surface area contributed by atoms with Crippen molar-refractivity contribution in [1.82, 2.24) is 14.8 Å². The topological polar surface area (TPSA) is 57.0 Å². The van der Waals surface area contributed by atoms with Gasteiger partial charge in [-0.3, -0.25) is 4.79 Å². The molecule has 106 valence electrons. The van der Waals surface area contributed by atoms with Crippen LogP contribution >= 0.6 is 0 Å². The number of Topliss-reactive ketones (excluding diaryl/α,β-unsaturated/α-hetero) is 1. The minimum atomic E-state index is 0.0548. The number of ketones is 1. The van der Waals surface area contributed by atoms with Gasteiger partial charge in [0.25, 0.3) is 0 Å². The molecule has 0 aliphatic rings. The van der Waals surface area contributed by atoms with E-state index >= 15 is 0 Å². The summed E-state index contributed by atoms with van der Waals surface area (Å²) in [5.41, 5.74) is 1.63. The number of aromatic nitrogens is 3. The van der Waals surface area contributed by atoms with Crippen LogP contribution in [0.25, 0.3) is 0 Å². The molecule has 0 fully saturated rings. The number of carbonyl (C=O) groups excluding carboxylic acids is 1. The van der Waals surface area contributed by atoms with E-state index in [2.05, 4.69) is 10.1 Å². The van der Waals surface area contributed by atoms with Gasteiger partial charge in [-0.05, 0) is 51.5 Å². The zero-order valence-corrected chi connectivity index (χ0v) is 12.3. The minimum absolute atomic E-state index is 0.0548. The molecule has 5 heteroatoms. The molecule has 5 nitrogen and oxygen atoms in total. The van der Waals surface area contributed by atoms with Crippen molar-refractivity contribution in [3.05, 3.63) is 41.5 Å². The number of aryl methyl sites for hydroxylation is 1. The van der Waals surface area contributed by atoms with E-state index in [4.69, 9.17) is 4.74 Å². The molecule has 0 saturated carbocycles. The molecule has 0 spiro atoms. The molecule has 0 atom stereocenters. The molecule has 20 heavy (non-hydrogen) atoms. The molecule has 2 aromatic rings. The summed E-state index contributed by atoms with van der Waals surface area (Å²) >= 11 is 0. The maximum absolute atomic E-state index is 11.3. The second-order valence-corrected chi connectivity index (χ2v) is 5.04. The first-order valence-electron chi connectivity index (χ1n) is 6.62. The van der Waals surface area contributed by atoms with Crippen LogP contribution in [0, 0.1) is 6.92 Å². The highest BCUT2D eigenvalue weighted by Crippen LogP contribution is 2.20. The van der Waals surface area contributed by atoms with Crippen molar-refractivity contribution in [2.45, 2.75) is 40.3 Å². The normalized spacial score (nSPS) is 10.8. The monoisotopic (exact) mass is 273 g/mol. The van der Waals surface area contributed by atoms with Gasteiger partial charge in [-0.25, -0.2) is 9.67 Å². The van der Waals surface area contributed by atoms with Gasteiger partial charge in [0.15, 0.2) is 11.6 Å². The average molecular weight is 273 g/mol. The first-order valence-corrected chi connectivity index (χ1v) is 6.62. The van der Waals surface area contributed by atoms with Crippen LogP contribution in [0.2, 0.25) is 0 Å². The lowest BCUT2D eigenvalue weighted by Crippen LogP contribution is -2.11. The third-order valence-corrected chi connectivity index (χ3v) is 3.07. The SMILES string of the molecule is CC(=O)c1ccc(OCc2ncnn2C(C)C)c(C)c1. The van der Waals surface area contributed by atoms with Crippen molar-refractivity contribution in [2.75, 3.05) is 0 Å². The van der Waals surface area contributed by atoms with Gasteiger partial charge >= 0.3 is 0 Å². The fraction of sp³-hybridized carbons (Fsp3) is 0.400. The molecule has 1 aromatic heterocycles. The van der Waals surface area contributed by atoms with Gasteiger partial charge in [0, 0.05) is 11.6 Å². The van der Waals surface area contributed by atoms with Crippen LogP contribution in [0.5, 0.6) is 5.75 Å². The molecule has 0 aliphatic heterocycles. The van der Waals surface area contributed by atoms with Crippen LogP contribution < -0.4 is 4.74 Å². The lowest BCUT2D eigenvalue weighted by Gasteiger charge is -2.12.